The number of hydrogen-bond donors (Lipinski definition) is 3. The molecule has 0 aliphatic carbocycles. The number of aromatic hydroxyl groups is 2. The Bertz CT molecular complexity index is 476. The number of amidine groups is 1. The number of phenols is 2. The fourth-order valence-corrected chi connectivity index (χ4v) is 2.40. The molecule has 0 aromatic heterocycles. The van der Waals surface area contributed by atoms with Gasteiger partial charge in [-0.3, -0.25) is 10.2 Å². The number of carbonyl (C=O) groups excluding carboxylic acids is 1. The highest BCUT2D eigenvalue weighted by molar-refractivity contribution is 8.14. The largest absolute Gasteiger partial charge is 0.504 e. The summed E-state index contributed by atoms with van der Waals surface area (Å²) in [6.07, 6.45) is 0. The number of Topliss-reactive ketones (excluding diaryl/α,β-unsaturated/α-hetero) is 1. The van der Waals surface area contributed by atoms with Crippen LogP contribution in [-0.4, -0.2) is 44.9 Å². The Hall–Kier alpha value is -1.69. The van der Waals surface area contributed by atoms with E-state index in [1.807, 2.05) is 0 Å². The first-order valence-corrected chi connectivity index (χ1v) is 6.08. The van der Waals surface area contributed by atoms with E-state index in [1.54, 1.807) is 4.90 Å². The van der Waals surface area contributed by atoms with Crippen LogP contribution < -0.4 is 0 Å². The summed E-state index contributed by atoms with van der Waals surface area (Å²) >= 11 is 1.42. The Morgan fingerprint density at radius 1 is 1.41 bits per heavy atom. The SMILES string of the molecule is N=C1SCCN1CC(=O)c1ccc(O)c(O)c1. The van der Waals surface area contributed by atoms with Gasteiger partial charge < -0.3 is 15.1 Å². The van der Waals surface area contributed by atoms with Crippen LogP contribution >= 0.6 is 11.8 Å². The summed E-state index contributed by atoms with van der Waals surface area (Å²) in [4.78, 5) is 13.6. The second kappa shape index (κ2) is 4.67. The van der Waals surface area contributed by atoms with Gasteiger partial charge in [0.1, 0.15) is 0 Å². The summed E-state index contributed by atoms with van der Waals surface area (Å²) in [5.41, 5.74) is 0.338. The maximum atomic E-state index is 11.9. The number of thioether (sulfide) groups is 1. The highest BCUT2D eigenvalue weighted by Gasteiger charge is 2.21. The predicted octanol–water partition coefficient (Wildman–Crippen LogP) is 1.26. The van der Waals surface area contributed by atoms with Crippen LogP contribution in [0.25, 0.3) is 0 Å². The minimum absolute atomic E-state index is 0.135. The molecule has 0 radical (unpaired) electrons. The molecular weight excluding hydrogens is 240 g/mol. The highest BCUT2D eigenvalue weighted by Crippen LogP contribution is 2.25. The van der Waals surface area contributed by atoms with Crippen molar-refractivity contribution in [2.45, 2.75) is 0 Å². The molecule has 0 saturated carbocycles. The lowest BCUT2D eigenvalue weighted by molar-refractivity contribution is 0.0966. The van der Waals surface area contributed by atoms with Crippen molar-refractivity contribution in [1.29, 1.82) is 5.41 Å². The molecule has 1 fully saturated rings. The predicted molar refractivity (Wildman–Crippen MR) is 65.9 cm³/mol. The third-order valence-electron chi connectivity index (χ3n) is 2.52. The average Bonchev–Trinajstić information content (AvgIpc) is 2.68. The summed E-state index contributed by atoms with van der Waals surface area (Å²) in [5.74, 6) is 0.104. The Balaban J connectivity index is 2.09. The molecular formula is C11H12N2O3S. The van der Waals surface area contributed by atoms with Crippen LogP contribution in [0.2, 0.25) is 0 Å². The van der Waals surface area contributed by atoms with E-state index in [2.05, 4.69) is 0 Å². The first-order chi connectivity index (χ1) is 8.08. The average molecular weight is 252 g/mol. The van der Waals surface area contributed by atoms with Gasteiger partial charge in [-0.05, 0) is 18.2 Å². The summed E-state index contributed by atoms with van der Waals surface area (Å²) in [5, 5.41) is 26.4. The molecule has 1 saturated heterocycles. The van der Waals surface area contributed by atoms with E-state index in [-0.39, 0.29) is 23.8 Å². The first kappa shape index (κ1) is 11.8. The van der Waals surface area contributed by atoms with E-state index in [4.69, 9.17) is 10.5 Å². The van der Waals surface area contributed by atoms with E-state index in [0.29, 0.717) is 17.3 Å². The molecule has 0 bridgehead atoms. The summed E-state index contributed by atoms with van der Waals surface area (Å²) in [6.45, 7) is 0.829. The molecule has 1 heterocycles. The van der Waals surface area contributed by atoms with Crippen molar-refractivity contribution < 1.29 is 15.0 Å². The van der Waals surface area contributed by atoms with Crippen LogP contribution in [0.15, 0.2) is 18.2 Å². The van der Waals surface area contributed by atoms with Gasteiger partial charge >= 0.3 is 0 Å². The maximum Gasteiger partial charge on any atom is 0.182 e. The Kier molecular flexibility index (Phi) is 3.23. The van der Waals surface area contributed by atoms with Crippen LogP contribution in [0.3, 0.4) is 0 Å². The molecule has 1 aliphatic rings. The van der Waals surface area contributed by atoms with E-state index in [0.717, 1.165) is 5.75 Å². The number of carbonyl (C=O) groups is 1. The van der Waals surface area contributed by atoms with Gasteiger partial charge in [-0.15, -0.1) is 0 Å². The van der Waals surface area contributed by atoms with Crippen molar-refractivity contribution in [1.82, 2.24) is 4.90 Å². The standard InChI is InChI=1S/C11H12N2O3S/c12-11-13(3-4-17-11)6-10(16)7-1-2-8(14)9(15)5-7/h1-2,5,12,14-15H,3-4,6H2. The van der Waals surface area contributed by atoms with E-state index in [9.17, 15) is 9.90 Å². The first-order valence-electron chi connectivity index (χ1n) is 5.09. The zero-order valence-electron chi connectivity index (χ0n) is 9.01. The fourth-order valence-electron chi connectivity index (χ4n) is 1.56. The molecule has 6 heteroatoms. The zero-order chi connectivity index (χ0) is 12.4. The fraction of sp³-hybridized carbons (Fsp3) is 0.273. The topological polar surface area (TPSA) is 84.6 Å². The van der Waals surface area contributed by atoms with Crippen molar-refractivity contribution in [3.8, 4) is 11.5 Å². The summed E-state index contributed by atoms with van der Waals surface area (Å²) in [6, 6.07) is 3.99. The minimum atomic E-state index is -0.304. The molecule has 3 N–H and O–H groups in total. The zero-order valence-corrected chi connectivity index (χ0v) is 9.83. The molecule has 5 nitrogen and oxygen atoms in total. The third-order valence-corrected chi connectivity index (χ3v) is 3.44. The molecule has 1 aromatic carbocycles. The number of benzene rings is 1. The molecule has 0 unspecified atom stereocenters. The molecule has 0 atom stereocenters. The lowest BCUT2D eigenvalue weighted by atomic mass is 10.1. The van der Waals surface area contributed by atoms with Gasteiger partial charge in [0.25, 0.3) is 0 Å². The van der Waals surface area contributed by atoms with Crippen LogP contribution in [0.4, 0.5) is 0 Å². The number of nitrogens with zero attached hydrogens (tertiary/aromatic N) is 1. The van der Waals surface area contributed by atoms with Gasteiger partial charge in [0.2, 0.25) is 0 Å². The molecule has 0 spiro atoms. The second-order valence-electron chi connectivity index (χ2n) is 3.70. The number of rotatable bonds is 3. The summed E-state index contributed by atoms with van der Waals surface area (Å²) < 4.78 is 0. The van der Waals surface area contributed by atoms with Gasteiger partial charge in [0, 0.05) is 17.9 Å². The van der Waals surface area contributed by atoms with Crippen molar-refractivity contribution in [3.63, 3.8) is 0 Å². The van der Waals surface area contributed by atoms with Crippen LogP contribution in [0.1, 0.15) is 10.4 Å². The number of ketones is 1. The van der Waals surface area contributed by atoms with Gasteiger partial charge in [-0.2, -0.15) is 0 Å². The van der Waals surface area contributed by atoms with Crippen molar-refractivity contribution >= 4 is 22.7 Å². The van der Waals surface area contributed by atoms with Gasteiger partial charge in [-0.25, -0.2) is 0 Å². The number of phenolic OH excluding ortho intramolecular Hbond substituents is 2. The second-order valence-corrected chi connectivity index (χ2v) is 4.79. The van der Waals surface area contributed by atoms with Crippen molar-refractivity contribution in [2.75, 3.05) is 18.8 Å². The van der Waals surface area contributed by atoms with Gasteiger partial charge in [0.15, 0.2) is 22.4 Å². The Morgan fingerprint density at radius 2 is 2.18 bits per heavy atom. The van der Waals surface area contributed by atoms with Gasteiger partial charge in [0.05, 0.1) is 6.54 Å². The molecule has 0 amide bonds. The maximum absolute atomic E-state index is 11.9. The minimum Gasteiger partial charge on any atom is -0.504 e. The third kappa shape index (κ3) is 2.52. The number of hydrogen-bond acceptors (Lipinski definition) is 5. The van der Waals surface area contributed by atoms with Crippen LogP contribution in [-0.2, 0) is 0 Å². The van der Waals surface area contributed by atoms with E-state index in [1.165, 1.54) is 30.0 Å². The van der Waals surface area contributed by atoms with E-state index < -0.39 is 0 Å². The highest BCUT2D eigenvalue weighted by atomic mass is 32.2. The lowest BCUT2D eigenvalue weighted by Gasteiger charge is -2.15. The van der Waals surface area contributed by atoms with Crippen molar-refractivity contribution in [3.05, 3.63) is 23.8 Å². The lowest BCUT2D eigenvalue weighted by Crippen LogP contribution is -2.30. The van der Waals surface area contributed by atoms with Gasteiger partial charge in [-0.1, -0.05) is 11.8 Å². The Labute approximate surface area is 103 Å². The molecule has 90 valence electrons. The summed E-state index contributed by atoms with van der Waals surface area (Å²) in [7, 11) is 0. The normalized spacial score (nSPS) is 15.3. The molecule has 17 heavy (non-hydrogen) atoms. The molecule has 2 rings (SSSR count). The van der Waals surface area contributed by atoms with Crippen LogP contribution in [0, 0.1) is 5.41 Å². The van der Waals surface area contributed by atoms with E-state index >= 15 is 0 Å². The Morgan fingerprint density at radius 3 is 2.76 bits per heavy atom. The molecule has 1 aromatic rings. The quantitative estimate of drug-likeness (QED) is 0.557. The smallest absolute Gasteiger partial charge is 0.182 e. The monoisotopic (exact) mass is 252 g/mol. The number of nitrogens with one attached hydrogen (secondary N) is 1. The van der Waals surface area contributed by atoms with Crippen molar-refractivity contribution in [2.24, 2.45) is 0 Å². The van der Waals surface area contributed by atoms with Crippen LogP contribution in [0.5, 0.6) is 11.5 Å². The molecule has 1 aliphatic heterocycles.